The lowest BCUT2D eigenvalue weighted by Crippen LogP contribution is -2.25. The molecule has 1 aliphatic rings. The van der Waals surface area contributed by atoms with Crippen LogP contribution in [0.3, 0.4) is 0 Å². The van der Waals surface area contributed by atoms with Gasteiger partial charge in [-0.25, -0.2) is 0 Å². The van der Waals surface area contributed by atoms with Crippen molar-refractivity contribution in [2.24, 2.45) is 0 Å². The lowest BCUT2D eigenvalue weighted by atomic mass is 10.2. The molecule has 0 saturated heterocycles. The number of nitrogen functional groups attached to an aromatic ring is 1. The lowest BCUT2D eigenvalue weighted by Gasteiger charge is -2.23. The van der Waals surface area contributed by atoms with Gasteiger partial charge in [-0.15, -0.1) is 0 Å². The van der Waals surface area contributed by atoms with E-state index in [1.54, 1.807) is 0 Å². The highest BCUT2D eigenvalue weighted by molar-refractivity contribution is 5.63. The summed E-state index contributed by atoms with van der Waals surface area (Å²) in [6, 6.07) is 11.1. The SMILES string of the molecule is Nc1[nH]ncc1N(Cc1ccccc1)C1CC1. The van der Waals surface area contributed by atoms with Crippen molar-refractivity contribution < 1.29 is 0 Å². The fourth-order valence-corrected chi connectivity index (χ4v) is 2.10. The molecule has 2 aromatic rings. The molecule has 4 heteroatoms. The van der Waals surface area contributed by atoms with Crippen LogP contribution in [0.1, 0.15) is 18.4 Å². The molecule has 0 spiro atoms. The first kappa shape index (κ1) is 10.2. The molecular formula is C13H16N4. The molecule has 3 N–H and O–H groups in total. The summed E-state index contributed by atoms with van der Waals surface area (Å²) in [5.41, 5.74) is 8.23. The monoisotopic (exact) mass is 228 g/mol. The predicted octanol–water partition coefficient (Wildman–Crippen LogP) is 2.16. The van der Waals surface area contributed by atoms with E-state index in [1.807, 2.05) is 12.3 Å². The van der Waals surface area contributed by atoms with Gasteiger partial charge in [-0.05, 0) is 18.4 Å². The van der Waals surface area contributed by atoms with Crippen LogP contribution in [0.25, 0.3) is 0 Å². The minimum Gasteiger partial charge on any atom is -0.382 e. The molecule has 3 rings (SSSR count). The molecule has 1 saturated carbocycles. The highest BCUT2D eigenvalue weighted by Crippen LogP contribution is 2.34. The average molecular weight is 228 g/mol. The molecular weight excluding hydrogens is 212 g/mol. The Morgan fingerprint density at radius 3 is 2.65 bits per heavy atom. The Bertz CT molecular complexity index is 487. The zero-order chi connectivity index (χ0) is 11.7. The molecule has 0 radical (unpaired) electrons. The molecule has 1 heterocycles. The molecule has 88 valence electrons. The van der Waals surface area contributed by atoms with Crippen LogP contribution in [-0.4, -0.2) is 16.2 Å². The topological polar surface area (TPSA) is 57.9 Å². The van der Waals surface area contributed by atoms with Crippen LogP contribution in [0.5, 0.6) is 0 Å². The van der Waals surface area contributed by atoms with Gasteiger partial charge in [-0.3, -0.25) is 5.10 Å². The maximum absolute atomic E-state index is 5.90. The van der Waals surface area contributed by atoms with Gasteiger partial charge in [0.05, 0.1) is 11.9 Å². The second-order valence-corrected chi connectivity index (χ2v) is 4.51. The van der Waals surface area contributed by atoms with Gasteiger partial charge in [0.1, 0.15) is 5.82 Å². The van der Waals surface area contributed by atoms with E-state index >= 15 is 0 Å². The molecule has 17 heavy (non-hydrogen) atoms. The zero-order valence-electron chi connectivity index (χ0n) is 9.63. The molecule has 1 aromatic heterocycles. The van der Waals surface area contributed by atoms with Gasteiger partial charge < -0.3 is 10.6 Å². The Morgan fingerprint density at radius 2 is 2.06 bits per heavy atom. The maximum atomic E-state index is 5.90. The fourth-order valence-electron chi connectivity index (χ4n) is 2.10. The van der Waals surface area contributed by atoms with E-state index in [-0.39, 0.29) is 0 Å². The van der Waals surface area contributed by atoms with E-state index < -0.39 is 0 Å². The Hall–Kier alpha value is -1.97. The number of aromatic nitrogens is 2. The van der Waals surface area contributed by atoms with Crippen molar-refractivity contribution in [3.05, 3.63) is 42.1 Å². The first-order valence-corrected chi connectivity index (χ1v) is 5.94. The van der Waals surface area contributed by atoms with Crippen LogP contribution in [0.15, 0.2) is 36.5 Å². The van der Waals surface area contributed by atoms with Crippen molar-refractivity contribution in [2.75, 3.05) is 10.6 Å². The van der Waals surface area contributed by atoms with Crippen LogP contribution in [0.2, 0.25) is 0 Å². The standard InChI is InChI=1S/C13H16N4/c14-13-12(8-15-16-13)17(11-6-7-11)9-10-4-2-1-3-5-10/h1-5,8,11H,6-7,9H2,(H3,14,15,16). The smallest absolute Gasteiger partial charge is 0.142 e. The quantitative estimate of drug-likeness (QED) is 0.843. The first-order valence-electron chi connectivity index (χ1n) is 5.94. The summed E-state index contributed by atoms with van der Waals surface area (Å²) in [5.74, 6) is 0.660. The molecule has 0 bridgehead atoms. The number of rotatable bonds is 4. The Kier molecular flexibility index (Phi) is 2.48. The Labute approximate surface area is 100 Å². The Balaban J connectivity index is 1.84. The van der Waals surface area contributed by atoms with Crippen LogP contribution >= 0.6 is 0 Å². The summed E-state index contributed by atoms with van der Waals surface area (Å²) < 4.78 is 0. The number of nitrogens with one attached hydrogen (secondary N) is 1. The van der Waals surface area contributed by atoms with Gasteiger partial charge in [0.2, 0.25) is 0 Å². The van der Waals surface area contributed by atoms with Crippen LogP contribution in [0, 0.1) is 0 Å². The largest absolute Gasteiger partial charge is 0.382 e. The summed E-state index contributed by atoms with van der Waals surface area (Å²) in [7, 11) is 0. The third-order valence-corrected chi connectivity index (χ3v) is 3.14. The lowest BCUT2D eigenvalue weighted by molar-refractivity contribution is 0.796. The van der Waals surface area contributed by atoms with E-state index in [9.17, 15) is 0 Å². The number of anilines is 2. The highest BCUT2D eigenvalue weighted by atomic mass is 15.3. The van der Waals surface area contributed by atoms with Gasteiger partial charge in [-0.1, -0.05) is 30.3 Å². The fraction of sp³-hybridized carbons (Fsp3) is 0.308. The van der Waals surface area contributed by atoms with Gasteiger partial charge in [0.15, 0.2) is 0 Å². The number of aromatic amines is 1. The van der Waals surface area contributed by atoms with Crippen molar-refractivity contribution in [3.63, 3.8) is 0 Å². The van der Waals surface area contributed by atoms with Crippen molar-refractivity contribution in [3.8, 4) is 0 Å². The van der Waals surface area contributed by atoms with Gasteiger partial charge in [-0.2, -0.15) is 5.10 Å². The minimum absolute atomic E-state index is 0.620. The van der Waals surface area contributed by atoms with E-state index in [0.717, 1.165) is 12.2 Å². The second kappa shape index (κ2) is 4.13. The van der Waals surface area contributed by atoms with E-state index in [4.69, 9.17) is 5.73 Å². The molecule has 4 nitrogen and oxygen atoms in total. The molecule has 1 aliphatic carbocycles. The van der Waals surface area contributed by atoms with Crippen molar-refractivity contribution in [1.29, 1.82) is 0 Å². The summed E-state index contributed by atoms with van der Waals surface area (Å²) >= 11 is 0. The van der Waals surface area contributed by atoms with E-state index in [0.29, 0.717) is 11.9 Å². The summed E-state index contributed by atoms with van der Waals surface area (Å²) in [4.78, 5) is 2.34. The predicted molar refractivity (Wildman–Crippen MR) is 68.6 cm³/mol. The van der Waals surface area contributed by atoms with E-state index in [1.165, 1.54) is 18.4 Å². The number of nitrogens with two attached hydrogens (primary N) is 1. The average Bonchev–Trinajstić information content (AvgIpc) is 3.11. The summed E-state index contributed by atoms with van der Waals surface area (Å²) in [5, 5.41) is 6.81. The normalized spacial score (nSPS) is 14.8. The number of nitrogens with zero attached hydrogens (tertiary/aromatic N) is 2. The summed E-state index contributed by atoms with van der Waals surface area (Å²) in [6.45, 7) is 0.898. The maximum Gasteiger partial charge on any atom is 0.142 e. The van der Waals surface area contributed by atoms with Crippen LogP contribution in [-0.2, 0) is 6.54 Å². The van der Waals surface area contributed by atoms with E-state index in [2.05, 4.69) is 39.4 Å². The van der Waals surface area contributed by atoms with Crippen molar-refractivity contribution in [1.82, 2.24) is 10.2 Å². The molecule has 0 unspecified atom stereocenters. The van der Waals surface area contributed by atoms with Crippen molar-refractivity contribution >= 4 is 11.5 Å². The van der Waals surface area contributed by atoms with Crippen LogP contribution < -0.4 is 10.6 Å². The Morgan fingerprint density at radius 1 is 1.29 bits per heavy atom. The van der Waals surface area contributed by atoms with Crippen molar-refractivity contribution in [2.45, 2.75) is 25.4 Å². The molecule has 0 amide bonds. The number of H-pyrrole nitrogens is 1. The molecule has 0 aliphatic heterocycles. The second-order valence-electron chi connectivity index (χ2n) is 4.51. The minimum atomic E-state index is 0.620. The third kappa shape index (κ3) is 2.11. The number of hydrogen-bond acceptors (Lipinski definition) is 3. The van der Waals surface area contributed by atoms with Gasteiger partial charge in [0.25, 0.3) is 0 Å². The summed E-state index contributed by atoms with van der Waals surface area (Å²) in [6.07, 6.45) is 4.31. The number of hydrogen-bond donors (Lipinski definition) is 2. The van der Waals surface area contributed by atoms with Crippen LogP contribution in [0.4, 0.5) is 11.5 Å². The van der Waals surface area contributed by atoms with Gasteiger partial charge >= 0.3 is 0 Å². The van der Waals surface area contributed by atoms with Gasteiger partial charge in [0, 0.05) is 12.6 Å². The first-order chi connectivity index (χ1) is 8.34. The molecule has 0 atom stereocenters. The number of benzene rings is 1. The zero-order valence-corrected chi connectivity index (χ0v) is 9.63. The molecule has 1 aromatic carbocycles. The third-order valence-electron chi connectivity index (χ3n) is 3.14. The molecule has 1 fully saturated rings. The highest BCUT2D eigenvalue weighted by Gasteiger charge is 2.30.